The van der Waals surface area contributed by atoms with Gasteiger partial charge in [0, 0.05) is 12.1 Å². The van der Waals surface area contributed by atoms with E-state index >= 15 is 0 Å². The lowest BCUT2D eigenvalue weighted by atomic mass is 9.66. The number of alkyl halides is 3. The van der Waals surface area contributed by atoms with Crippen molar-refractivity contribution < 1.29 is 37.7 Å². The zero-order valence-electron chi connectivity index (χ0n) is 14.9. The van der Waals surface area contributed by atoms with E-state index in [-0.39, 0.29) is 12.1 Å². The molecule has 0 saturated carbocycles. The maximum Gasteiger partial charge on any atom is 0.417 e. The highest BCUT2D eigenvalue weighted by molar-refractivity contribution is 5.97. The Morgan fingerprint density at radius 1 is 1.32 bits per heavy atom. The molecule has 2 saturated heterocycles. The van der Waals surface area contributed by atoms with Crippen LogP contribution in [0.1, 0.15) is 31.4 Å². The molecule has 0 aromatic heterocycles. The summed E-state index contributed by atoms with van der Waals surface area (Å²) in [4.78, 5) is 24.6. The molecule has 10 heteroatoms. The molecular weight excluding hydrogens is 381 g/mol. The van der Waals surface area contributed by atoms with E-state index in [1.807, 2.05) is 0 Å². The number of fused-ring (bicyclic) bond motifs is 2. The summed E-state index contributed by atoms with van der Waals surface area (Å²) < 4.78 is 45.0. The molecule has 3 rings (SSSR count). The molecule has 1 amide bonds. The van der Waals surface area contributed by atoms with Crippen molar-refractivity contribution in [2.24, 2.45) is 11.8 Å². The Bertz CT molecular complexity index is 896. The third-order valence-electron chi connectivity index (χ3n) is 5.58. The van der Waals surface area contributed by atoms with Crippen molar-refractivity contribution in [3.05, 3.63) is 29.3 Å². The molecule has 0 unspecified atom stereocenters. The number of nitriles is 1. The smallest absolute Gasteiger partial charge is 0.417 e. The van der Waals surface area contributed by atoms with Gasteiger partial charge in [0.25, 0.3) is 0 Å². The third-order valence-corrected chi connectivity index (χ3v) is 5.58. The fourth-order valence-electron chi connectivity index (χ4n) is 4.33. The average Bonchev–Trinajstić information content (AvgIpc) is 2.95. The summed E-state index contributed by atoms with van der Waals surface area (Å²) in [5.74, 6) is -4.77. The van der Waals surface area contributed by atoms with E-state index in [9.17, 15) is 33.0 Å². The summed E-state index contributed by atoms with van der Waals surface area (Å²) >= 11 is 0. The van der Waals surface area contributed by atoms with Crippen LogP contribution >= 0.6 is 0 Å². The Balaban J connectivity index is 1.94. The van der Waals surface area contributed by atoms with Gasteiger partial charge in [-0.3, -0.25) is 9.59 Å². The molecule has 0 aliphatic carbocycles. The van der Waals surface area contributed by atoms with Crippen molar-refractivity contribution in [1.82, 2.24) is 0 Å². The van der Waals surface area contributed by atoms with E-state index in [1.54, 1.807) is 0 Å². The average molecular weight is 398 g/mol. The van der Waals surface area contributed by atoms with Crippen LogP contribution in [0.3, 0.4) is 0 Å². The number of hydrogen-bond donors (Lipinski definition) is 3. The van der Waals surface area contributed by atoms with Gasteiger partial charge in [-0.2, -0.15) is 18.4 Å². The highest BCUT2D eigenvalue weighted by Gasteiger charge is 2.71. The first kappa shape index (κ1) is 20.1. The monoisotopic (exact) mass is 398 g/mol. The fraction of sp³-hybridized carbons (Fsp3) is 0.500. The van der Waals surface area contributed by atoms with Gasteiger partial charge >= 0.3 is 12.1 Å². The van der Waals surface area contributed by atoms with Gasteiger partial charge in [-0.25, -0.2) is 0 Å². The van der Waals surface area contributed by atoms with E-state index in [4.69, 9.17) is 10.00 Å². The van der Waals surface area contributed by atoms with Crippen molar-refractivity contribution in [2.45, 2.75) is 43.8 Å². The van der Waals surface area contributed by atoms with Crippen molar-refractivity contribution in [3.8, 4) is 6.07 Å². The van der Waals surface area contributed by atoms with Crippen LogP contribution in [0.4, 0.5) is 18.9 Å². The molecule has 28 heavy (non-hydrogen) atoms. The summed E-state index contributed by atoms with van der Waals surface area (Å²) in [6, 6.07) is 4.12. The van der Waals surface area contributed by atoms with Crippen LogP contribution in [0, 0.1) is 23.2 Å². The van der Waals surface area contributed by atoms with Gasteiger partial charge < -0.3 is 20.3 Å². The van der Waals surface area contributed by atoms with E-state index in [0.717, 1.165) is 12.1 Å². The normalized spacial score (nSPS) is 34.1. The van der Waals surface area contributed by atoms with Crippen molar-refractivity contribution in [3.63, 3.8) is 0 Å². The molecule has 150 valence electrons. The van der Waals surface area contributed by atoms with E-state index in [2.05, 4.69) is 5.32 Å². The molecule has 3 N–H and O–H groups in total. The minimum absolute atomic E-state index is 0.0204. The number of ether oxygens (including phenoxy) is 1. The molecule has 5 atom stereocenters. The Morgan fingerprint density at radius 3 is 2.50 bits per heavy atom. The predicted octanol–water partition coefficient (Wildman–Crippen LogP) is 2.14. The largest absolute Gasteiger partial charge is 0.481 e. The third kappa shape index (κ3) is 2.91. The molecule has 2 fully saturated rings. The minimum atomic E-state index is -4.80. The minimum Gasteiger partial charge on any atom is -0.481 e. The topological polar surface area (TPSA) is 120 Å². The van der Waals surface area contributed by atoms with Crippen LogP contribution in [-0.4, -0.2) is 39.4 Å². The number of benzene rings is 1. The molecular formula is C18H17F3N2O5. The number of nitrogens with one attached hydrogen (secondary N) is 1. The Kier molecular flexibility index (Phi) is 4.44. The number of aliphatic hydroxyl groups is 1. The second-order valence-electron chi connectivity index (χ2n) is 7.47. The number of carbonyl (C=O) groups is 2. The number of anilines is 1. The molecule has 7 nitrogen and oxygen atoms in total. The predicted molar refractivity (Wildman–Crippen MR) is 87.9 cm³/mol. The number of carboxylic acids is 1. The lowest BCUT2D eigenvalue weighted by molar-refractivity contribution is -0.154. The number of nitrogens with zero attached hydrogens (tertiary/aromatic N) is 1. The quantitative estimate of drug-likeness (QED) is 0.718. The van der Waals surface area contributed by atoms with E-state index in [0.29, 0.717) is 6.07 Å². The number of aliphatic hydroxyl groups excluding tert-OH is 1. The summed E-state index contributed by atoms with van der Waals surface area (Å²) in [7, 11) is 0. The molecule has 2 aliphatic rings. The second kappa shape index (κ2) is 6.18. The zero-order chi connectivity index (χ0) is 21.1. The van der Waals surface area contributed by atoms with Crippen LogP contribution in [0.5, 0.6) is 0 Å². The van der Waals surface area contributed by atoms with Crippen LogP contribution in [-0.2, 0) is 20.5 Å². The first-order valence-electron chi connectivity index (χ1n) is 8.37. The molecule has 0 spiro atoms. The van der Waals surface area contributed by atoms with Gasteiger partial charge in [0.15, 0.2) is 0 Å². The Morgan fingerprint density at radius 2 is 1.96 bits per heavy atom. The fourth-order valence-corrected chi connectivity index (χ4v) is 4.33. The van der Waals surface area contributed by atoms with Gasteiger partial charge in [-0.1, -0.05) is 0 Å². The lowest BCUT2D eigenvalue weighted by Gasteiger charge is -2.35. The van der Waals surface area contributed by atoms with Crippen molar-refractivity contribution in [2.75, 3.05) is 5.32 Å². The van der Waals surface area contributed by atoms with Crippen molar-refractivity contribution >= 4 is 17.6 Å². The first-order chi connectivity index (χ1) is 12.8. The number of carboxylic acid groups (broad SMARTS) is 1. The molecule has 1 aromatic rings. The van der Waals surface area contributed by atoms with Crippen LogP contribution < -0.4 is 5.32 Å². The number of aliphatic carboxylic acids is 1. The molecule has 0 radical (unpaired) electrons. The number of carbonyl (C=O) groups excluding carboxylic acids is 1. The number of rotatable bonds is 3. The molecule has 2 heterocycles. The van der Waals surface area contributed by atoms with Gasteiger partial charge in [0.05, 0.1) is 34.8 Å². The highest BCUT2D eigenvalue weighted by Crippen LogP contribution is 2.57. The number of halogens is 3. The van der Waals surface area contributed by atoms with E-state index in [1.165, 1.54) is 19.9 Å². The first-order valence-corrected chi connectivity index (χ1v) is 8.37. The van der Waals surface area contributed by atoms with Gasteiger partial charge in [0.1, 0.15) is 11.5 Å². The van der Waals surface area contributed by atoms with Crippen LogP contribution in [0.2, 0.25) is 0 Å². The van der Waals surface area contributed by atoms with Crippen LogP contribution in [0.25, 0.3) is 0 Å². The summed E-state index contributed by atoms with van der Waals surface area (Å²) in [6.45, 7) is 2.90. The summed E-state index contributed by atoms with van der Waals surface area (Å²) in [5.41, 5.74) is -4.79. The summed E-state index contributed by atoms with van der Waals surface area (Å²) in [5, 5.41) is 30.9. The Hall–Kier alpha value is -2.64. The zero-order valence-corrected chi connectivity index (χ0v) is 14.9. The van der Waals surface area contributed by atoms with Crippen molar-refractivity contribution in [1.29, 1.82) is 5.26 Å². The van der Waals surface area contributed by atoms with Gasteiger partial charge in [-0.15, -0.1) is 0 Å². The van der Waals surface area contributed by atoms with Gasteiger partial charge in [0.2, 0.25) is 5.91 Å². The summed E-state index contributed by atoms with van der Waals surface area (Å²) in [6.07, 6.45) is -5.87. The maximum atomic E-state index is 13.1. The Labute approximate surface area is 157 Å². The SMILES string of the molecule is C[C@@]12O[C@@](C)(C[C@H]1O)[C@@H](C(=O)Nc1ccc(C#N)c(C(F)(F)F)c1)[C@H]2C(=O)O. The number of amides is 1. The van der Waals surface area contributed by atoms with Crippen LogP contribution in [0.15, 0.2) is 18.2 Å². The lowest BCUT2D eigenvalue weighted by Crippen LogP contribution is -2.54. The van der Waals surface area contributed by atoms with E-state index < -0.39 is 58.3 Å². The second-order valence-corrected chi connectivity index (χ2v) is 7.47. The number of hydrogen-bond acceptors (Lipinski definition) is 5. The van der Waals surface area contributed by atoms with Gasteiger partial charge in [-0.05, 0) is 32.0 Å². The molecule has 1 aromatic carbocycles. The highest BCUT2D eigenvalue weighted by atomic mass is 19.4. The molecule has 2 aliphatic heterocycles. The maximum absolute atomic E-state index is 13.1. The standard InChI is InChI=1S/C18H17F3N2O5/c1-16-6-11(24)17(2,28-16)13(15(26)27)12(16)14(25)23-9-4-3-8(7-22)10(5-9)18(19,20)21/h3-5,11-13,24H,6H2,1-2H3,(H,23,25)(H,26,27)/t11-,12-,13+,16+,17-/m1/s1. The molecule has 2 bridgehead atoms.